The number of nitrogens with one attached hydrogen (secondary N) is 1. The predicted octanol–water partition coefficient (Wildman–Crippen LogP) is 4.82. The van der Waals surface area contributed by atoms with Crippen LogP contribution in [0.4, 0.5) is 5.82 Å². The summed E-state index contributed by atoms with van der Waals surface area (Å²) in [7, 11) is 0. The number of nitrogens with zero attached hydrogens (tertiary/aromatic N) is 4. The Labute approximate surface area is 210 Å². The van der Waals surface area contributed by atoms with E-state index in [4.69, 9.17) is 9.47 Å². The first-order valence-electron chi connectivity index (χ1n) is 12.2. The average Bonchev–Trinajstić information content (AvgIpc) is 3.35. The highest BCUT2D eigenvalue weighted by Gasteiger charge is 2.10. The number of ether oxygens (including phenoxy) is 2. The van der Waals surface area contributed by atoms with E-state index in [-0.39, 0.29) is 0 Å². The number of rotatable bonds is 10. The third-order valence-corrected chi connectivity index (χ3v) is 6.87. The molecule has 35 heavy (non-hydrogen) atoms. The highest BCUT2D eigenvalue weighted by atomic mass is 32.1. The minimum atomic E-state index is 0.732. The Morgan fingerprint density at radius 3 is 2.91 bits per heavy atom. The normalized spacial score (nSPS) is 14.3. The van der Waals surface area contributed by atoms with Crippen molar-refractivity contribution in [3.8, 4) is 17.0 Å². The lowest BCUT2D eigenvalue weighted by Crippen LogP contribution is -2.37. The van der Waals surface area contributed by atoms with Crippen LogP contribution in [0.3, 0.4) is 0 Å². The third-order valence-electron chi connectivity index (χ3n) is 6.07. The Morgan fingerprint density at radius 1 is 1.09 bits per heavy atom. The van der Waals surface area contributed by atoms with E-state index >= 15 is 0 Å². The molecule has 1 N–H and O–H groups in total. The molecule has 2 aromatic carbocycles. The molecular weight excluding hydrogens is 458 g/mol. The summed E-state index contributed by atoms with van der Waals surface area (Å²) >= 11 is 1.64. The Kier molecular flexibility index (Phi) is 7.82. The number of benzene rings is 2. The second kappa shape index (κ2) is 11.6. The summed E-state index contributed by atoms with van der Waals surface area (Å²) in [6.45, 7) is 8.24. The fraction of sp³-hybridized carbons (Fsp3) is 0.370. The van der Waals surface area contributed by atoms with Gasteiger partial charge in [0.2, 0.25) is 0 Å². The van der Waals surface area contributed by atoms with Crippen molar-refractivity contribution in [1.29, 1.82) is 0 Å². The van der Waals surface area contributed by atoms with E-state index in [9.17, 15) is 0 Å². The molecule has 0 radical (unpaired) electrons. The molecule has 1 saturated heterocycles. The molecule has 0 atom stereocenters. The molecule has 7 nitrogen and oxygen atoms in total. The maximum Gasteiger partial charge on any atom is 0.130 e. The maximum absolute atomic E-state index is 6.00. The van der Waals surface area contributed by atoms with Gasteiger partial charge in [-0.25, -0.2) is 15.0 Å². The van der Waals surface area contributed by atoms with E-state index < -0.39 is 0 Å². The number of thiazole rings is 1. The number of fused-ring (bicyclic) bond motifs is 1. The second-order valence-corrected chi connectivity index (χ2v) is 9.59. The summed E-state index contributed by atoms with van der Waals surface area (Å²) in [5.41, 5.74) is 6.13. The van der Waals surface area contributed by atoms with Gasteiger partial charge >= 0.3 is 0 Å². The number of hydrogen-bond donors (Lipinski definition) is 1. The van der Waals surface area contributed by atoms with E-state index in [0.717, 1.165) is 97.7 Å². The quantitative estimate of drug-likeness (QED) is 0.320. The molecule has 0 spiro atoms. The molecule has 2 aromatic heterocycles. The zero-order valence-electron chi connectivity index (χ0n) is 20.1. The van der Waals surface area contributed by atoms with Crippen molar-refractivity contribution in [2.24, 2.45) is 0 Å². The molecule has 0 unspecified atom stereocenters. The monoisotopic (exact) mass is 489 g/mol. The summed E-state index contributed by atoms with van der Waals surface area (Å²) in [5, 5.41) is 3.47. The van der Waals surface area contributed by atoms with Crippen LogP contribution in [0.15, 0.2) is 54.0 Å². The van der Waals surface area contributed by atoms with Crippen LogP contribution in [0.1, 0.15) is 17.8 Å². The topological polar surface area (TPSA) is 72.4 Å². The number of aromatic nitrogens is 3. The van der Waals surface area contributed by atoms with Crippen molar-refractivity contribution < 1.29 is 9.47 Å². The third kappa shape index (κ3) is 6.54. The standard InChI is InChI=1S/C27H31N5O2S/c1-20-30-25(22-6-7-24-26(17-22)35-19-29-24)18-27(31-20)28-9-8-21-4-2-5-23(16-21)34-13-3-10-32-11-14-33-15-12-32/h2,4-7,16-19H,3,8-15H2,1H3,(H,28,30,31). The maximum atomic E-state index is 6.00. The van der Waals surface area contributed by atoms with Crippen molar-refractivity contribution in [1.82, 2.24) is 19.9 Å². The zero-order chi connectivity index (χ0) is 23.9. The predicted molar refractivity (Wildman–Crippen MR) is 141 cm³/mol. The van der Waals surface area contributed by atoms with E-state index in [2.05, 4.69) is 55.5 Å². The second-order valence-electron chi connectivity index (χ2n) is 8.70. The first-order valence-corrected chi connectivity index (χ1v) is 13.1. The van der Waals surface area contributed by atoms with Gasteiger partial charge in [0.05, 0.1) is 41.2 Å². The van der Waals surface area contributed by atoms with Crippen molar-refractivity contribution in [3.63, 3.8) is 0 Å². The van der Waals surface area contributed by atoms with E-state index in [0.29, 0.717) is 0 Å². The van der Waals surface area contributed by atoms with E-state index in [1.165, 1.54) is 5.56 Å². The molecule has 0 aliphatic carbocycles. The summed E-state index contributed by atoms with van der Waals surface area (Å²) in [6.07, 6.45) is 1.91. The minimum absolute atomic E-state index is 0.732. The molecule has 182 valence electrons. The largest absolute Gasteiger partial charge is 0.494 e. The molecule has 5 rings (SSSR count). The van der Waals surface area contributed by atoms with Gasteiger partial charge in [-0.05, 0) is 49.6 Å². The first-order chi connectivity index (χ1) is 17.2. The molecule has 1 aliphatic heterocycles. The number of morpholine rings is 1. The summed E-state index contributed by atoms with van der Waals surface area (Å²) < 4.78 is 12.6. The highest BCUT2D eigenvalue weighted by molar-refractivity contribution is 7.16. The Balaban J connectivity index is 1.13. The van der Waals surface area contributed by atoms with Crippen LogP contribution in [0.25, 0.3) is 21.5 Å². The number of aryl methyl sites for hydroxylation is 1. The average molecular weight is 490 g/mol. The molecule has 8 heteroatoms. The van der Waals surface area contributed by atoms with Crippen molar-refractivity contribution in [3.05, 3.63) is 65.4 Å². The van der Waals surface area contributed by atoms with Gasteiger partial charge in [0.15, 0.2) is 0 Å². The lowest BCUT2D eigenvalue weighted by Gasteiger charge is -2.26. The van der Waals surface area contributed by atoms with Crippen LogP contribution >= 0.6 is 11.3 Å². The van der Waals surface area contributed by atoms with Crippen LogP contribution in [-0.2, 0) is 11.2 Å². The van der Waals surface area contributed by atoms with Crippen LogP contribution in [0.5, 0.6) is 5.75 Å². The van der Waals surface area contributed by atoms with Gasteiger partial charge in [0, 0.05) is 37.8 Å². The van der Waals surface area contributed by atoms with Gasteiger partial charge in [-0.15, -0.1) is 11.3 Å². The van der Waals surface area contributed by atoms with Crippen molar-refractivity contribution in [2.45, 2.75) is 19.8 Å². The molecule has 1 fully saturated rings. The van der Waals surface area contributed by atoms with Gasteiger partial charge in [-0.2, -0.15) is 0 Å². The van der Waals surface area contributed by atoms with Crippen LogP contribution in [-0.4, -0.2) is 65.9 Å². The lowest BCUT2D eigenvalue weighted by atomic mass is 10.1. The van der Waals surface area contributed by atoms with Gasteiger partial charge < -0.3 is 14.8 Å². The smallest absolute Gasteiger partial charge is 0.130 e. The summed E-state index contributed by atoms with van der Waals surface area (Å²) in [6, 6.07) is 16.7. The molecular formula is C27H31N5O2S. The van der Waals surface area contributed by atoms with Gasteiger partial charge in [-0.1, -0.05) is 18.2 Å². The fourth-order valence-corrected chi connectivity index (χ4v) is 4.97. The number of anilines is 1. The van der Waals surface area contributed by atoms with E-state index in [1.807, 2.05) is 30.6 Å². The van der Waals surface area contributed by atoms with Gasteiger partial charge in [0.25, 0.3) is 0 Å². The Morgan fingerprint density at radius 2 is 2.00 bits per heavy atom. The summed E-state index contributed by atoms with van der Waals surface area (Å²) in [4.78, 5) is 16.0. The Bertz CT molecular complexity index is 1260. The molecule has 0 bridgehead atoms. The van der Waals surface area contributed by atoms with Crippen LogP contribution < -0.4 is 10.1 Å². The SMILES string of the molecule is Cc1nc(NCCc2cccc(OCCCN3CCOCC3)c2)cc(-c2ccc3ncsc3c2)n1. The van der Waals surface area contributed by atoms with Crippen molar-refractivity contribution in [2.75, 3.05) is 51.3 Å². The molecule has 1 aliphatic rings. The number of hydrogen-bond acceptors (Lipinski definition) is 8. The molecule has 0 amide bonds. The van der Waals surface area contributed by atoms with Gasteiger partial charge in [-0.3, -0.25) is 4.90 Å². The first kappa shape index (κ1) is 23.7. The van der Waals surface area contributed by atoms with Crippen LogP contribution in [0, 0.1) is 6.92 Å². The molecule has 4 aromatic rings. The zero-order valence-corrected chi connectivity index (χ0v) is 20.9. The summed E-state index contributed by atoms with van der Waals surface area (Å²) in [5.74, 6) is 2.53. The molecule has 3 heterocycles. The fourth-order valence-electron chi connectivity index (χ4n) is 4.25. The van der Waals surface area contributed by atoms with Crippen LogP contribution in [0.2, 0.25) is 0 Å². The molecule has 0 saturated carbocycles. The lowest BCUT2D eigenvalue weighted by molar-refractivity contribution is 0.0358. The Hall–Kier alpha value is -3.07. The highest BCUT2D eigenvalue weighted by Crippen LogP contribution is 2.26. The van der Waals surface area contributed by atoms with E-state index in [1.54, 1.807) is 11.3 Å². The minimum Gasteiger partial charge on any atom is -0.494 e. The van der Waals surface area contributed by atoms with Crippen molar-refractivity contribution >= 4 is 27.4 Å². The van der Waals surface area contributed by atoms with Gasteiger partial charge in [0.1, 0.15) is 17.4 Å².